The fourth-order valence-electron chi connectivity index (χ4n) is 2.11. The van der Waals surface area contributed by atoms with Gasteiger partial charge < -0.3 is 18.9 Å². The molecule has 138 valence electrons. The fraction of sp³-hybridized carbons (Fsp3) is 0.222. The van der Waals surface area contributed by atoms with Gasteiger partial charge in [0.25, 0.3) is 0 Å². The third-order valence-electron chi connectivity index (χ3n) is 3.37. The average molecular weight is 360 g/mol. The van der Waals surface area contributed by atoms with Crippen LogP contribution in [-0.4, -0.2) is 26.4 Å². The van der Waals surface area contributed by atoms with Gasteiger partial charge >= 0.3 is 12.2 Å². The van der Waals surface area contributed by atoms with Gasteiger partial charge in [-0.3, -0.25) is 0 Å². The molecule has 0 fully saturated rings. The van der Waals surface area contributed by atoms with Crippen LogP contribution in [0.1, 0.15) is 11.1 Å². The van der Waals surface area contributed by atoms with Crippen LogP contribution >= 0.6 is 0 Å². The molecular weight excluding hydrogens is 340 g/mol. The zero-order valence-electron chi connectivity index (χ0n) is 14.5. The van der Waals surface area contributed by atoms with Crippen molar-refractivity contribution >= 4 is 12.2 Å². The lowest BCUT2D eigenvalue weighted by atomic mass is 10.2. The first-order valence-corrected chi connectivity index (χ1v) is 7.73. The summed E-state index contributed by atoms with van der Waals surface area (Å²) < 4.78 is 20.3. The van der Waals surface area contributed by atoms with Gasteiger partial charge in [-0.25, -0.2) is 20.4 Å². The van der Waals surface area contributed by atoms with Crippen molar-refractivity contribution in [3.63, 3.8) is 0 Å². The topological polar surface area (TPSA) is 95.1 Å². The molecule has 0 radical (unpaired) electrons. The van der Waals surface area contributed by atoms with Gasteiger partial charge in [0.2, 0.25) is 0 Å². The monoisotopic (exact) mass is 360 g/mol. The number of rotatable bonds is 6. The summed E-state index contributed by atoms with van der Waals surface area (Å²) in [7, 11) is 3.05. The highest BCUT2D eigenvalue weighted by Gasteiger charge is 2.10. The molecule has 0 heterocycles. The maximum atomic E-state index is 11.6. The van der Waals surface area contributed by atoms with Crippen molar-refractivity contribution < 1.29 is 28.5 Å². The second-order valence-corrected chi connectivity index (χ2v) is 5.03. The summed E-state index contributed by atoms with van der Waals surface area (Å²) in [6.07, 6.45) is -1.66. The van der Waals surface area contributed by atoms with Crippen molar-refractivity contribution in [1.82, 2.24) is 10.9 Å². The molecule has 2 rings (SSSR count). The van der Waals surface area contributed by atoms with E-state index >= 15 is 0 Å². The number of hydrazine groups is 1. The molecule has 2 aromatic carbocycles. The minimum atomic E-state index is -0.829. The van der Waals surface area contributed by atoms with Gasteiger partial charge in [-0.05, 0) is 12.1 Å². The molecule has 0 atom stereocenters. The van der Waals surface area contributed by atoms with Gasteiger partial charge in [0.15, 0.2) is 0 Å². The standard InChI is InChI=1S/C18H20N2O6/c1-23-15-9-5-3-7-13(15)11-25-17(21)19-20-18(22)26-12-14-8-4-6-10-16(14)24-2/h3-10H,11-12H2,1-2H3,(H,19,21)(H,20,22). The number of nitrogens with one attached hydrogen (secondary N) is 2. The van der Waals surface area contributed by atoms with E-state index in [0.29, 0.717) is 22.6 Å². The normalized spacial score (nSPS) is 9.77. The first kappa shape index (κ1) is 18.9. The van der Waals surface area contributed by atoms with Gasteiger partial charge in [0.1, 0.15) is 24.7 Å². The minimum Gasteiger partial charge on any atom is -0.496 e. The Kier molecular flexibility index (Phi) is 7.11. The highest BCUT2D eigenvalue weighted by molar-refractivity contribution is 5.73. The van der Waals surface area contributed by atoms with E-state index in [9.17, 15) is 9.59 Å². The molecule has 0 aliphatic rings. The van der Waals surface area contributed by atoms with E-state index < -0.39 is 12.2 Å². The third kappa shape index (κ3) is 5.59. The molecule has 2 aromatic rings. The lowest BCUT2D eigenvalue weighted by Crippen LogP contribution is -2.42. The molecule has 0 saturated carbocycles. The first-order chi connectivity index (χ1) is 12.6. The van der Waals surface area contributed by atoms with Crippen molar-refractivity contribution in [3.8, 4) is 11.5 Å². The van der Waals surface area contributed by atoms with Crippen molar-refractivity contribution in [2.24, 2.45) is 0 Å². The second kappa shape index (κ2) is 9.77. The van der Waals surface area contributed by atoms with Crippen LogP contribution in [0.25, 0.3) is 0 Å². The van der Waals surface area contributed by atoms with E-state index in [0.717, 1.165) is 0 Å². The Morgan fingerprint density at radius 1 is 0.731 bits per heavy atom. The van der Waals surface area contributed by atoms with Gasteiger partial charge in [-0.2, -0.15) is 0 Å². The molecule has 8 nitrogen and oxygen atoms in total. The molecular formula is C18H20N2O6. The molecule has 0 bridgehead atoms. The van der Waals surface area contributed by atoms with Gasteiger partial charge in [0, 0.05) is 11.1 Å². The van der Waals surface area contributed by atoms with Crippen LogP contribution in [0.2, 0.25) is 0 Å². The molecule has 2 N–H and O–H groups in total. The zero-order valence-corrected chi connectivity index (χ0v) is 14.5. The highest BCUT2D eigenvalue weighted by Crippen LogP contribution is 2.18. The third-order valence-corrected chi connectivity index (χ3v) is 3.37. The second-order valence-electron chi connectivity index (χ2n) is 5.03. The molecule has 0 aliphatic carbocycles. The lowest BCUT2D eigenvalue weighted by molar-refractivity contribution is 0.117. The quantitative estimate of drug-likeness (QED) is 0.769. The number of para-hydroxylation sites is 2. The maximum absolute atomic E-state index is 11.6. The van der Waals surface area contributed by atoms with Crippen LogP contribution in [0.3, 0.4) is 0 Å². The van der Waals surface area contributed by atoms with Crippen molar-refractivity contribution in [2.45, 2.75) is 13.2 Å². The van der Waals surface area contributed by atoms with Crippen LogP contribution in [0.4, 0.5) is 9.59 Å². The SMILES string of the molecule is COc1ccccc1COC(=O)NNC(=O)OCc1ccccc1OC. The van der Waals surface area contributed by atoms with Crippen molar-refractivity contribution in [3.05, 3.63) is 59.7 Å². The van der Waals surface area contributed by atoms with E-state index in [2.05, 4.69) is 10.9 Å². The van der Waals surface area contributed by atoms with E-state index in [4.69, 9.17) is 18.9 Å². The molecule has 0 unspecified atom stereocenters. The predicted octanol–water partition coefficient (Wildman–Crippen LogP) is 2.77. The molecule has 0 aromatic heterocycles. The molecule has 2 amide bonds. The summed E-state index contributed by atoms with van der Waals surface area (Å²) in [5, 5.41) is 0. The lowest BCUT2D eigenvalue weighted by Gasteiger charge is -2.11. The summed E-state index contributed by atoms with van der Waals surface area (Å²) in [6.45, 7) is -0.0123. The van der Waals surface area contributed by atoms with Crippen LogP contribution in [0.5, 0.6) is 11.5 Å². The van der Waals surface area contributed by atoms with Crippen LogP contribution in [0.15, 0.2) is 48.5 Å². The molecule has 26 heavy (non-hydrogen) atoms. The Hall–Kier alpha value is -3.42. The molecule has 8 heteroatoms. The Bertz CT molecular complexity index is 686. The zero-order chi connectivity index (χ0) is 18.8. The number of carbonyl (C=O) groups excluding carboxylic acids is 2. The summed E-state index contributed by atoms with van der Waals surface area (Å²) in [5.74, 6) is 1.20. The summed E-state index contributed by atoms with van der Waals surface area (Å²) in [5.41, 5.74) is 5.59. The molecule has 0 aliphatic heterocycles. The number of ether oxygens (including phenoxy) is 4. The Morgan fingerprint density at radius 2 is 1.12 bits per heavy atom. The Balaban J connectivity index is 1.72. The van der Waals surface area contributed by atoms with Crippen LogP contribution < -0.4 is 20.3 Å². The van der Waals surface area contributed by atoms with Gasteiger partial charge in [-0.15, -0.1) is 0 Å². The predicted molar refractivity (Wildman–Crippen MR) is 92.6 cm³/mol. The van der Waals surface area contributed by atoms with E-state index in [1.807, 2.05) is 12.1 Å². The number of amides is 2. The van der Waals surface area contributed by atoms with E-state index in [-0.39, 0.29) is 13.2 Å². The van der Waals surface area contributed by atoms with E-state index in [1.165, 1.54) is 14.2 Å². The fourth-order valence-corrected chi connectivity index (χ4v) is 2.11. The van der Waals surface area contributed by atoms with Crippen molar-refractivity contribution in [2.75, 3.05) is 14.2 Å². The number of benzene rings is 2. The number of hydrogen-bond acceptors (Lipinski definition) is 6. The largest absolute Gasteiger partial charge is 0.496 e. The Labute approximate surface area is 151 Å². The maximum Gasteiger partial charge on any atom is 0.426 e. The number of hydrogen-bond donors (Lipinski definition) is 2. The Morgan fingerprint density at radius 3 is 1.50 bits per heavy atom. The smallest absolute Gasteiger partial charge is 0.426 e. The van der Waals surface area contributed by atoms with Gasteiger partial charge in [0.05, 0.1) is 14.2 Å². The summed E-state index contributed by atoms with van der Waals surface area (Å²) in [4.78, 5) is 23.3. The molecule has 0 spiro atoms. The van der Waals surface area contributed by atoms with Crippen LogP contribution in [0, 0.1) is 0 Å². The van der Waals surface area contributed by atoms with Crippen molar-refractivity contribution in [1.29, 1.82) is 0 Å². The minimum absolute atomic E-state index is 0.00616. The first-order valence-electron chi connectivity index (χ1n) is 7.73. The summed E-state index contributed by atoms with van der Waals surface area (Å²) in [6, 6.07) is 14.2. The number of methoxy groups -OCH3 is 2. The molecule has 0 saturated heterocycles. The number of carbonyl (C=O) groups is 2. The van der Waals surface area contributed by atoms with Crippen LogP contribution in [-0.2, 0) is 22.7 Å². The van der Waals surface area contributed by atoms with Gasteiger partial charge in [-0.1, -0.05) is 36.4 Å². The highest BCUT2D eigenvalue weighted by atomic mass is 16.6. The van der Waals surface area contributed by atoms with E-state index in [1.54, 1.807) is 36.4 Å². The average Bonchev–Trinajstić information content (AvgIpc) is 2.69. The summed E-state index contributed by atoms with van der Waals surface area (Å²) >= 11 is 0.